The maximum absolute atomic E-state index is 13.5. The highest BCUT2D eigenvalue weighted by Gasteiger charge is 2.31. The lowest BCUT2D eigenvalue weighted by atomic mass is 10.2. The Morgan fingerprint density at radius 2 is 1.71 bits per heavy atom. The summed E-state index contributed by atoms with van der Waals surface area (Å²) in [5.74, 6) is 0.0816. The number of benzene rings is 3. The number of hydrogen-bond acceptors (Lipinski definition) is 7. The van der Waals surface area contributed by atoms with Crippen LogP contribution in [0, 0.1) is 6.92 Å². The summed E-state index contributed by atoms with van der Waals surface area (Å²) >= 11 is 1.00. The molecule has 13 heteroatoms. The van der Waals surface area contributed by atoms with Crippen LogP contribution in [-0.2, 0) is 17.5 Å². The van der Waals surface area contributed by atoms with Crippen LogP contribution in [0.5, 0.6) is 11.5 Å². The average Bonchev–Trinajstić information content (AvgIpc) is 3.36. The number of alkyl halides is 3. The molecule has 0 radical (unpaired) electrons. The number of thioether (sulfide) groups is 1. The number of nitrogens with zero attached hydrogens (tertiary/aromatic N) is 3. The SMILES string of the molecule is COc1ccc(C(=O)NCc2nnc(SCC(=O)Nc3cccc(C)c3)n2-c2cccc(C(F)(F)F)c2)cc1OC. The maximum atomic E-state index is 13.5. The van der Waals surface area contributed by atoms with Crippen LogP contribution in [0.1, 0.15) is 27.3 Å². The first-order valence-electron chi connectivity index (χ1n) is 12.2. The van der Waals surface area contributed by atoms with Crippen molar-refractivity contribution >= 4 is 29.3 Å². The van der Waals surface area contributed by atoms with Gasteiger partial charge in [0, 0.05) is 11.3 Å². The van der Waals surface area contributed by atoms with Crippen LogP contribution in [0.2, 0.25) is 0 Å². The van der Waals surface area contributed by atoms with Crippen LogP contribution in [0.4, 0.5) is 18.9 Å². The predicted molar refractivity (Wildman–Crippen MR) is 148 cm³/mol. The van der Waals surface area contributed by atoms with Gasteiger partial charge in [-0.2, -0.15) is 13.2 Å². The molecule has 0 aliphatic carbocycles. The topological polar surface area (TPSA) is 107 Å². The lowest BCUT2D eigenvalue weighted by molar-refractivity contribution is -0.137. The third kappa shape index (κ3) is 7.37. The number of hydrogen-bond donors (Lipinski definition) is 2. The Kier molecular flexibility index (Phi) is 9.17. The molecule has 2 amide bonds. The minimum atomic E-state index is -4.58. The minimum Gasteiger partial charge on any atom is -0.493 e. The minimum absolute atomic E-state index is 0.0803. The van der Waals surface area contributed by atoms with E-state index in [2.05, 4.69) is 20.8 Å². The first-order chi connectivity index (χ1) is 19.6. The predicted octanol–water partition coefficient (Wildman–Crippen LogP) is 5.27. The molecule has 0 saturated heterocycles. The number of nitrogens with one attached hydrogen (secondary N) is 2. The van der Waals surface area contributed by atoms with Crippen molar-refractivity contribution in [1.82, 2.24) is 20.1 Å². The van der Waals surface area contributed by atoms with Crippen LogP contribution in [-0.4, -0.2) is 46.6 Å². The zero-order chi connectivity index (χ0) is 29.6. The summed E-state index contributed by atoms with van der Waals surface area (Å²) in [6.07, 6.45) is -4.58. The fourth-order valence-electron chi connectivity index (χ4n) is 3.88. The average molecular weight is 586 g/mol. The number of aryl methyl sites for hydroxylation is 1. The summed E-state index contributed by atoms with van der Waals surface area (Å²) < 4.78 is 52.3. The Balaban J connectivity index is 1.57. The van der Waals surface area contributed by atoms with Crippen molar-refractivity contribution in [2.75, 3.05) is 25.3 Å². The number of anilines is 1. The highest BCUT2D eigenvalue weighted by molar-refractivity contribution is 7.99. The number of carbonyl (C=O) groups excluding carboxylic acids is 2. The quantitative estimate of drug-likeness (QED) is 0.244. The van der Waals surface area contributed by atoms with Crippen molar-refractivity contribution in [3.05, 3.63) is 89.2 Å². The van der Waals surface area contributed by atoms with Gasteiger partial charge in [0.1, 0.15) is 0 Å². The molecule has 0 spiro atoms. The molecular formula is C28H26F3N5O4S. The second-order valence-corrected chi connectivity index (χ2v) is 9.68. The Hall–Kier alpha value is -4.52. The standard InChI is InChI=1S/C28H26F3N5O4S/c1-17-6-4-8-20(12-17)33-25(37)16-41-27-35-34-24(36(27)21-9-5-7-19(14-21)28(29,30)31)15-32-26(38)18-10-11-22(39-2)23(13-18)40-3/h4-14H,15-16H2,1-3H3,(H,32,38)(H,33,37). The summed E-state index contributed by atoms with van der Waals surface area (Å²) in [4.78, 5) is 25.5. The van der Waals surface area contributed by atoms with Gasteiger partial charge in [-0.15, -0.1) is 10.2 Å². The summed E-state index contributed by atoms with van der Waals surface area (Å²) in [5.41, 5.74) is 1.13. The molecule has 4 aromatic rings. The van der Waals surface area contributed by atoms with Crippen molar-refractivity contribution in [3.63, 3.8) is 0 Å². The van der Waals surface area contributed by atoms with Gasteiger partial charge in [0.05, 0.1) is 37.8 Å². The molecule has 0 aliphatic rings. The number of ether oxygens (including phenoxy) is 2. The van der Waals surface area contributed by atoms with Crippen molar-refractivity contribution in [2.24, 2.45) is 0 Å². The highest BCUT2D eigenvalue weighted by atomic mass is 32.2. The molecule has 0 fully saturated rings. The van der Waals surface area contributed by atoms with Crippen LogP contribution in [0.3, 0.4) is 0 Å². The van der Waals surface area contributed by atoms with E-state index < -0.39 is 17.6 Å². The van der Waals surface area contributed by atoms with Gasteiger partial charge in [0.25, 0.3) is 5.91 Å². The van der Waals surface area contributed by atoms with Gasteiger partial charge in [-0.3, -0.25) is 14.2 Å². The number of carbonyl (C=O) groups is 2. The summed E-state index contributed by atoms with van der Waals surface area (Å²) in [6.45, 7) is 1.74. The lowest BCUT2D eigenvalue weighted by Crippen LogP contribution is -2.25. The van der Waals surface area contributed by atoms with E-state index in [-0.39, 0.29) is 40.4 Å². The molecule has 4 rings (SSSR count). The fourth-order valence-corrected chi connectivity index (χ4v) is 4.65. The van der Waals surface area contributed by atoms with Gasteiger partial charge in [-0.05, 0) is 61.0 Å². The molecule has 1 heterocycles. The smallest absolute Gasteiger partial charge is 0.416 e. The van der Waals surface area contributed by atoms with Crippen LogP contribution >= 0.6 is 11.8 Å². The summed E-state index contributed by atoms with van der Waals surface area (Å²) in [5, 5.41) is 13.9. The van der Waals surface area contributed by atoms with Gasteiger partial charge in [0.2, 0.25) is 5.91 Å². The largest absolute Gasteiger partial charge is 0.493 e. The Bertz CT molecular complexity index is 1560. The Labute approximate surface area is 238 Å². The molecule has 3 aromatic carbocycles. The molecule has 1 aromatic heterocycles. The second-order valence-electron chi connectivity index (χ2n) is 8.74. The number of amides is 2. The Morgan fingerprint density at radius 1 is 0.951 bits per heavy atom. The molecular weight excluding hydrogens is 559 g/mol. The first kappa shape index (κ1) is 29.5. The third-order valence-electron chi connectivity index (χ3n) is 5.82. The van der Waals surface area contributed by atoms with Gasteiger partial charge in [0.15, 0.2) is 22.5 Å². The van der Waals surface area contributed by atoms with Crippen LogP contribution in [0.15, 0.2) is 71.9 Å². The molecule has 9 nitrogen and oxygen atoms in total. The summed E-state index contributed by atoms with van der Waals surface area (Å²) in [7, 11) is 2.91. The second kappa shape index (κ2) is 12.8. The van der Waals surface area contributed by atoms with E-state index in [1.165, 1.54) is 37.0 Å². The molecule has 41 heavy (non-hydrogen) atoms. The van der Waals surface area contributed by atoms with Crippen molar-refractivity contribution in [3.8, 4) is 17.2 Å². The number of aromatic nitrogens is 3. The van der Waals surface area contributed by atoms with E-state index in [1.54, 1.807) is 18.2 Å². The number of rotatable bonds is 10. The zero-order valence-electron chi connectivity index (χ0n) is 22.3. The maximum Gasteiger partial charge on any atom is 0.416 e. The van der Waals surface area contributed by atoms with E-state index in [0.717, 1.165) is 29.5 Å². The highest BCUT2D eigenvalue weighted by Crippen LogP contribution is 2.32. The van der Waals surface area contributed by atoms with E-state index >= 15 is 0 Å². The molecule has 0 aliphatic heterocycles. The van der Waals surface area contributed by atoms with E-state index in [4.69, 9.17) is 9.47 Å². The molecule has 0 unspecified atom stereocenters. The van der Waals surface area contributed by atoms with Crippen LogP contribution < -0.4 is 20.1 Å². The third-order valence-corrected chi connectivity index (χ3v) is 6.75. The van der Waals surface area contributed by atoms with Gasteiger partial charge < -0.3 is 20.1 Å². The van der Waals surface area contributed by atoms with E-state index in [1.807, 2.05) is 25.1 Å². The van der Waals surface area contributed by atoms with Gasteiger partial charge in [-0.1, -0.05) is 30.0 Å². The van der Waals surface area contributed by atoms with Gasteiger partial charge >= 0.3 is 6.18 Å². The van der Waals surface area contributed by atoms with Crippen LogP contribution in [0.25, 0.3) is 5.69 Å². The molecule has 2 N–H and O–H groups in total. The molecule has 214 valence electrons. The zero-order valence-corrected chi connectivity index (χ0v) is 23.1. The number of halogens is 3. The van der Waals surface area contributed by atoms with E-state index in [0.29, 0.717) is 17.2 Å². The van der Waals surface area contributed by atoms with Gasteiger partial charge in [-0.25, -0.2) is 0 Å². The van der Waals surface area contributed by atoms with Crippen molar-refractivity contribution in [1.29, 1.82) is 0 Å². The molecule has 0 atom stereocenters. The van der Waals surface area contributed by atoms with Crippen molar-refractivity contribution < 1.29 is 32.2 Å². The summed E-state index contributed by atoms with van der Waals surface area (Å²) in [6, 6.07) is 16.5. The molecule has 0 bridgehead atoms. The lowest BCUT2D eigenvalue weighted by Gasteiger charge is -2.14. The normalized spacial score (nSPS) is 11.2. The first-order valence-corrected chi connectivity index (χ1v) is 13.2. The monoisotopic (exact) mass is 585 g/mol. The van der Waals surface area contributed by atoms with Crippen molar-refractivity contribution in [2.45, 2.75) is 24.8 Å². The molecule has 0 saturated carbocycles. The number of methoxy groups -OCH3 is 2. The van der Waals surface area contributed by atoms with E-state index in [9.17, 15) is 22.8 Å². The Morgan fingerprint density at radius 3 is 2.41 bits per heavy atom. The fraction of sp³-hybridized carbons (Fsp3) is 0.214.